The van der Waals surface area contributed by atoms with E-state index >= 15 is 0 Å². The van der Waals surface area contributed by atoms with Gasteiger partial charge in [0, 0.05) is 37.4 Å². The molecule has 0 bridgehead atoms. The molecule has 1 aliphatic heterocycles. The largest absolute Gasteiger partial charge is 0.389 e. The topological polar surface area (TPSA) is 48.4 Å². The number of aryl methyl sites for hydroxylation is 1. The summed E-state index contributed by atoms with van der Waals surface area (Å²) in [5.41, 5.74) is 1.84. The number of pyridine rings is 1. The maximum absolute atomic E-state index is 9.54. The van der Waals surface area contributed by atoms with Crippen molar-refractivity contribution < 1.29 is 5.11 Å². The van der Waals surface area contributed by atoms with Gasteiger partial charge in [-0.1, -0.05) is 6.07 Å². The monoisotopic (exact) mass is 221 g/mol. The van der Waals surface area contributed by atoms with E-state index in [1.54, 1.807) is 6.92 Å². The van der Waals surface area contributed by atoms with Crippen LogP contribution < -0.4 is 10.2 Å². The summed E-state index contributed by atoms with van der Waals surface area (Å²) in [6, 6.07) is 3.98. The first-order valence-corrected chi connectivity index (χ1v) is 5.80. The van der Waals surface area contributed by atoms with Crippen LogP contribution in [0, 0.1) is 6.92 Å². The third kappa shape index (κ3) is 2.33. The molecule has 1 atom stereocenters. The number of aliphatic hydroxyl groups excluding tert-OH is 1. The van der Waals surface area contributed by atoms with Crippen LogP contribution in [0.4, 0.5) is 5.82 Å². The first kappa shape index (κ1) is 11.4. The molecule has 2 heterocycles. The highest BCUT2D eigenvalue weighted by molar-refractivity contribution is 5.42. The van der Waals surface area contributed by atoms with E-state index < -0.39 is 6.10 Å². The van der Waals surface area contributed by atoms with E-state index in [0.29, 0.717) is 0 Å². The molecule has 0 radical (unpaired) electrons. The van der Waals surface area contributed by atoms with Gasteiger partial charge < -0.3 is 15.3 Å². The third-order valence-electron chi connectivity index (χ3n) is 3.00. The van der Waals surface area contributed by atoms with Crippen molar-refractivity contribution in [3.05, 3.63) is 23.4 Å². The molecular formula is C12H19N3O. The Morgan fingerprint density at radius 2 is 2.06 bits per heavy atom. The zero-order valence-corrected chi connectivity index (χ0v) is 9.90. The second kappa shape index (κ2) is 4.80. The molecule has 2 rings (SSSR count). The first-order chi connectivity index (χ1) is 7.68. The second-order valence-electron chi connectivity index (χ2n) is 4.26. The molecule has 16 heavy (non-hydrogen) atoms. The number of nitrogens with zero attached hydrogens (tertiary/aromatic N) is 2. The zero-order chi connectivity index (χ0) is 11.5. The van der Waals surface area contributed by atoms with E-state index in [0.717, 1.165) is 43.3 Å². The van der Waals surface area contributed by atoms with Gasteiger partial charge >= 0.3 is 0 Å². The van der Waals surface area contributed by atoms with Gasteiger partial charge in [0.15, 0.2) is 0 Å². The molecule has 1 aromatic heterocycles. The van der Waals surface area contributed by atoms with Gasteiger partial charge in [0.1, 0.15) is 5.82 Å². The zero-order valence-electron chi connectivity index (χ0n) is 9.90. The van der Waals surface area contributed by atoms with Gasteiger partial charge in [0.05, 0.1) is 6.10 Å². The summed E-state index contributed by atoms with van der Waals surface area (Å²) in [5, 5.41) is 12.9. The Kier molecular flexibility index (Phi) is 3.41. The third-order valence-corrected chi connectivity index (χ3v) is 3.00. The first-order valence-electron chi connectivity index (χ1n) is 5.80. The van der Waals surface area contributed by atoms with Crippen LogP contribution in [0.2, 0.25) is 0 Å². The van der Waals surface area contributed by atoms with E-state index in [1.165, 1.54) is 0 Å². The van der Waals surface area contributed by atoms with Crippen molar-refractivity contribution in [1.29, 1.82) is 0 Å². The second-order valence-corrected chi connectivity index (χ2v) is 4.26. The lowest BCUT2D eigenvalue weighted by atomic mass is 10.1. The molecular weight excluding hydrogens is 202 g/mol. The number of anilines is 1. The predicted octanol–water partition coefficient (Wildman–Crippen LogP) is 0.853. The van der Waals surface area contributed by atoms with Crippen LogP contribution in [0.25, 0.3) is 0 Å². The Bertz CT molecular complexity index is 359. The van der Waals surface area contributed by atoms with Crippen molar-refractivity contribution >= 4 is 5.82 Å². The van der Waals surface area contributed by atoms with E-state index in [4.69, 9.17) is 0 Å². The summed E-state index contributed by atoms with van der Waals surface area (Å²) in [4.78, 5) is 6.83. The fourth-order valence-electron chi connectivity index (χ4n) is 2.07. The molecule has 4 heteroatoms. The number of aromatic nitrogens is 1. The van der Waals surface area contributed by atoms with Gasteiger partial charge in [-0.2, -0.15) is 0 Å². The van der Waals surface area contributed by atoms with Gasteiger partial charge in [-0.25, -0.2) is 4.98 Å². The van der Waals surface area contributed by atoms with Crippen molar-refractivity contribution in [2.24, 2.45) is 0 Å². The van der Waals surface area contributed by atoms with E-state index in [1.807, 2.05) is 19.1 Å². The van der Waals surface area contributed by atoms with Crippen LogP contribution in [0.1, 0.15) is 24.3 Å². The molecule has 2 N–H and O–H groups in total. The summed E-state index contributed by atoms with van der Waals surface area (Å²) in [6.45, 7) is 7.75. The highest BCUT2D eigenvalue weighted by Gasteiger charge is 2.13. The summed E-state index contributed by atoms with van der Waals surface area (Å²) in [7, 11) is 0. The molecule has 0 spiro atoms. The van der Waals surface area contributed by atoms with E-state index in [-0.39, 0.29) is 0 Å². The van der Waals surface area contributed by atoms with Gasteiger partial charge in [-0.05, 0) is 19.9 Å². The molecule has 1 aromatic rings. The number of nitrogens with one attached hydrogen (secondary N) is 1. The minimum Gasteiger partial charge on any atom is -0.389 e. The summed E-state index contributed by atoms with van der Waals surface area (Å²) < 4.78 is 0. The summed E-state index contributed by atoms with van der Waals surface area (Å²) >= 11 is 0. The summed E-state index contributed by atoms with van der Waals surface area (Å²) in [6.07, 6.45) is -0.440. The smallest absolute Gasteiger partial charge is 0.128 e. The molecule has 0 aromatic carbocycles. The van der Waals surface area contributed by atoms with Crippen LogP contribution in [0.5, 0.6) is 0 Å². The van der Waals surface area contributed by atoms with E-state index in [2.05, 4.69) is 15.2 Å². The molecule has 0 aliphatic carbocycles. The highest BCUT2D eigenvalue weighted by atomic mass is 16.3. The Morgan fingerprint density at radius 3 is 2.62 bits per heavy atom. The molecule has 88 valence electrons. The minimum atomic E-state index is -0.440. The molecule has 0 amide bonds. The Morgan fingerprint density at radius 1 is 1.38 bits per heavy atom. The maximum atomic E-state index is 9.54. The lowest BCUT2D eigenvalue weighted by Crippen LogP contribution is -2.43. The predicted molar refractivity (Wildman–Crippen MR) is 64.7 cm³/mol. The van der Waals surface area contributed by atoms with Gasteiger partial charge in [-0.3, -0.25) is 0 Å². The number of piperazine rings is 1. The standard InChI is InChI=1S/C12H19N3O/c1-9-11(10(2)16)3-4-12(14-9)15-7-5-13-6-8-15/h3-4,10,13,16H,5-8H2,1-2H3/t10-/m1/s1. The Balaban J connectivity index is 2.19. The Hall–Kier alpha value is -1.13. The average molecular weight is 221 g/mol. The minimum absolute atomic E-state index is 0.440. The van der Waals surface area contributed by atoms with Crippen LogP contribution in [-0.4, -0.2) is 36.3 Å². The van der Waals surface area contributed by atoms with Crippen molar-refractivity contribution in [3.63, 3.8) is 0 Å². The van der Waals surface area contributed by atoms with Gasteiger partial charge in [0.2, 0.25) is 0 Å². The lowest BCUT2D eigenvalue weighted by Gasteiger charge is -2.29. The quantitative estimate of drug-likeness (QED) is 0.777. The van der Waals surface area contributed by atoms with Crippen LogP contribution in [0.3, 0.4) is 0 Å². The molecule has 1 fully saturated rings. The molecule has 0 unspecified atom stereocenters. The van der Waals surface area contributed by atoms with Crippen molar-refractivity contribution in [2.75, 3.05) is 31.1 Å². The number of rotatable bonds is 2. The van der Waals surface area contributed by atoms with Crippen molar-refractivity contribution in [2.45, 2.75) is 20.0 Å². The fraction of sp³-hybridized carbons (Fsp3) is 0.583. The van der Waals surface area contributed by atoms with Crippen molar-refractivity contribution in [3.8, 4) is 0 Å². The van der Waals surface area contributed by atoms with Gasteiger partial charge in [-0.15, -0.1) is 0 Å². The molecule has 1 saturated heterocycles. The number of hydrogen-bond donors (Lipinski definition) is 2. The Labute approximate surface area is 96.3 Å². The molecule has 4 nitrogen and oxygen atoms in total. The SMILES string of the molecule is Cc1nc(N2CCNCC2)ccc1[C@@H](C)O. The van der Waals surface area contributed by atoms with Crippen LogP contribution in [-0.2, 0) is 0 Å². The van der Waals surface area contributed by atoms with Crippen LogP contribution >= 0.6 is 0 Å². The number of hydrogen-bond acceptors (Lipinski definition) is 4. The lowest BCUT2D eigenvalue weighted by molar-refractivity contribution is 0.198. The van der Waals surface area contributed by atoms with Gasteiger partial charge in [0.25, 0.3) is 0 Å². The highest BCUT2D eigenvalue weighted by Crippen LogP contribution is 2.20. The maximum Gasteiger partial charge on any atom is 0.128 e. The number of aliphatic hydroxyl groups is 1. The fourth-order valence-corrected chi connectivity index (χ4v) is 2.07. The van der Waals surface area contributed by atoms with Crippen LogP contribution in [0.15, 0.2) is 12.1 Å². The normalized spacial score (nSPS) is 18.6. The average Bonchev–Trinajstić information content (AvgIpc) is 2.29. The van der Waals surface area contributed by atoms with E-state index in [9.17, 15) is 5.11 Å². The molecule has 0 saturated carbocycles. The molecule has 1 aliphatic rings. The van der Waals surface area contributed by atoms with Crippen molar-refractivity contribution in [1.82, 2.24) is 10.3 Å². The summed E-state index contributed by atoms with van der Waals surface area (Å²) in [5.74, 6) is 1.02.